The van der Waals surface area contributed by atoms with Crippen LogP contribution in [0, 0.1) is 0 Å². The van der Waals surface area contributed by atoms with Crippen LogP contribution in [-0.4, -0.2) is 23.0 Å². The van der Waals surface area contributed by atoms with Crippen LogP contribution in [0.4, 0.5) is 0 Å². The van der Waals surface area contributed by atoms with Crippen LogP contribution in [0.2, 0.25) is 5.02 Å². The minimum atomic E-state index is -1.19. The summed E-state index contributed by atoms with van der Waals surface area (Å²) >= 11 is 5.83. The number of aliphatic imine (C=N–C) groups is 1. The lowest BCUT2D eigenvalue weighted by atomic mass is 10.0. The molecule has 2 aromatic rings. The van der Waals surface area contributed by atoms with Gasteiger partial charge in [-0.05, 0) is 37.3 Å². The normalized spacial score (nSPS) is 14.7. The molecule has 0 amide bonds. The van der Waals surface area contributed by atoms with Gasteiger partial charge in [-0.25, -0.2) is 0 Å². The van der Waals surface area contributed by atoms with Gasteiger partial charge in [0.1, 0.15) is 17.1 Å². The van der Waals surface area contributed by atoms with Gasteiger partial charge in [0.05, 0.1) is 12.8 Å². The number of hydrogen-bond donors (Lipinski definition) is 2. The summed E-state index contributed by atoms with van der Waals surface area (Å²) in [7, 11) is 0. The highest BCUT2D eigenvalue weighted by Gasteiger charge is 2.25. The summed E-state index contributed by atoms with van der Waals surface area (Å²) < 4.78 is 5.15. The SMILES string of the molecule is CC(O)(CN=Cc1cc(Cl)ccc1O)c1ccco1. The van der Waals surface area contributed by atoms with Gasteiger partial charge in [-0.15, -0.1) is 0 Å². The number of halogens is 1. The van der Waals surface area contributed by atoms with Gasteiger partial charge in [0.25, 0.3) is 0 Å². The van der Waals surface area contributed by atoms with Crippen molar-refractivity contribution in [3.63, 3.8) is 0 Å². The third-order valence-electron chi connectivity index (χ3n) is 2.67. The fourth-order valence-electron chi connectivity index (χ4n) is 1.61. The van der Waals surface area contributed by atoms with Crippen molar-refractivity contribution in [2.45, 2.75) is 12.5 Å². The number of hydrogen-bond acceptors (Lipinski definition) is 4. The number of benzene rings is 1. The van der Waals surface area contributed by atoms with Crippen molar-refractivity contribution >= 4 is 17.8 Å². The van der Waals surface area contributed by atoms with Crippen LogP contribution < -0.4 is 0 Å². The van der Waals surface area contributed by atoms with Crippen molar-refractivity contribution in [3.8, 4) is 5.75 Å². The largest absolute Gasteiger partial charge is 0.507 e. The van der Waals surface area contributed by atoms with E-state index in [4.69, 9.17) is 16.0 Å². The monoisotopic (exact) mass is 279 g/mol. The number of phenolic OH excluding ortho intramolecular Hbond substituents is 1. The van der Waals surface area contributed by atoms with Crippen LogP contribution in [0.5, 0.6) is 5.75 Å². The Bertz CT molecular complexity index is 576. The van der Waals surface area contributed by atoms with Crippen molar-refractivity contribution in [2.75, 3.05) is 6.54 Å². The molecule has 100 valence electrons. The van der Waals surface area contributed by atoms with Crippen molar-refractivity contribution in [3.05, 3.63) is 52.9 Å². The molecule has 1 atom stereocenters. The van der Waals surface area contributed by atoms with Gasteiger partial charge in [0.15, 0.2) is 0 Å². The van der Waals surface area contributed by atoms with Crippen molar-refractivity contribution in [2.24, 2.45) is 4.99 Å². The number of rotatable bonds is 4. The van der Waals surface area contributed by atoms with Crippen LogP contribution in [0.15, 0.2) is 46.0 Å². The molecule has 0 saturated heterocycles. The van der Waals surface area contributed by atoms with Gasteiger partial charge in [-0.3, -0.25) is 4.99 Å². The van der Waals surface area contributed by atoms with Crippen LogP contribution in [0.3, 0.4) is 0 Å². The average Bonchev–Trinajstić information content (AvgIpc) is 2.88. The number of phenols is 1. The molecule has 0 aliphatic rings. The van der Waals surface area contributed by atoms with Gasteiger partial charge < -0.3 is 14.6 Å². The Morgan fingerprint density at radius 2 is 2.21 bits per heavy atom. The Hall–Kier alpha value is -1.78. The molecule has 2 rings (SSSR count). The molecule has 1 heterocycles. The number of aromatic hydroxyl groups is 1. The Balaban J connectivity index is 2.10. The van der Waals surface area contributed by atoms with Gasteiger partial charge >= 0.3 is 0 Å². The fraction of sp³-hybridized carbons (Fsp3) is 0.214. The first kappa shape index (κ1) is 13.6. The average molecular weight is 280 g/mol. The second-order valence-corrected chi connectivity index (χ2v) is 4.86. The number of nitrogens with zero attached hydrogens (tertiary/aromatic N) is 1. The predicted octanol–water partition coefficient (Wildman–Crippen LogP) is 2.97. The molecule has 0 bridgehead atoms. The van der Waals surface area contributed by atoms with E-state index in [1.165, 1.54) is 18.5 Å². The van der Waals surface area contributed by atoms with Gasteiger partial charge in [-0.2, -0.15) is 0 Å². The second kappa shape index (κ2) is 5.47. The quantitative estimate of drug-likeness (QED) is 0.846. The highest BCUT2D eigenvalue weighted by molar-refractivity contribution is 6.30. The first-order chi connectivity index (χ1) is 8.99. The van der Waals surface area contributed by atoms with E-state index in [-0.39, 0.29) is 12.3 Å². The highest BCUT2D eigenvalue weighted by atomic mass is 35.5. The summed E-state index contributed by atoms with van der Waals surface area (Å²) in [5.74, 6) is 0.533. The molecular weight excluding hydrogens is 266 g/mol. The zero-order valence-corrected chi connectivity index (χ0v) is 11.1. The summed E-state index contributed by atoms with van der Waals surface area (Å²) in [6.07, 6.45) is 2.97. The zero-order valence-electron chi connectivity index (χ0n) is 10.4. The molecule has 0 radical (unpaired) electrons. The topological polar surface area (TPSA) is 66.0 Å². The molecule has 2 N–H and O–H groups in total. The first-order valence-electron chi connectivity index (χ1n) is 5.74. The molecule has 1 unspecified atom stereocenters. The van der Waals surface area contributed by atoms with E-state index in [1.54, 1.807) is 31.2 Å². The number of furan rings is 1. The molecule has 0 fully saturated rings. The predicted molar refractivity (Wildman–Crippen MR) is 73.9 cm³/mol. The maximum atomic E-state index is 10.2. The maximum absolute atomic E-state index is 10.2. The molecule has 0 spiro atoms. The second-order valence-electron chi connectivity index (χ2n) is 4.42. The fourth-order valence-corrected chi connectivity index (χ4v) is 1.79. The maximum Gasteiger partial charge on any atom is 0.139 e. The van der Waals surface area contributed by atoms with Gasteiger partial charge in [0, 0.05) is 16.8 Å². The van der Waals surface area contributed by atoms with Gasteiger partial charge in [-0.1, -0.05) is 11.6 Å². The molecule has 0 aliphatic heterocycles. The molecule has 0 saturated carbocycles. The molecule has 0 aliphatic carbocycles. The summed E-state index contributed by atoms with van der Waals surface area (Å²) in [6, 6.07) is 8.08. The molecule has 4 nitrogen and oxygen atoms in total. The van der Waals surface area contributed by atoms with Crippen molar-refractivity contribution in [1.82, 2.24) is 0 Å². The van der Waals surface area contributed by atoms with E-state index in [2.05, 4.69) is 4.99 Å². The molecule has 1 aromatic carbocycles. The van der Waals surface area contributed by atoms with Crippen LogP contribution >= 0.6 is 11.6 Å². The first-order valence-corrected chi connectivity index (χ1v) is 6.11. The van der Waals surface area contributed by atoms with E-state index in [1.807, 2.05) is 0 Å². The van der Waals surface area contributed by atoms with E-state index in [0.29, 0.717) is 16.3 Å². The standard InChI is InChI=1S/C14H14ClNO3/c1-14(18,13-3-2-6-19-13)9-16-8-10-7-11(15)4-5-12(10)17/h2-8,17-18H,9H2,1H3. The summed E-state index contributed by atoms with van der Waals surface area (Å²) in [4.78, 5) is 4.12. The Morgan fingerprint density at radius 3 is 2.89 bits per heavy atom. The van der Waals surface area contributed by atoms with Gasteiger partial charge in [0.2, 0.25) is 0 Å². The lowest BCUT2D eigenvalue weighted by molar-refractivity contribution is 0.0439. The van der Waals surface area contributed by atoms with Crippen molar-refractivity contribution < 1.29 is 14.6 Å². The highest BCUT2D eigenvalue weighted by Crippen LogP contribution is 2.22. The Morgan fingerprint density at radius 1 is 1.42 bits per heavy atom. The number of aliphatic hydroxyl groups is 1. The molecule has 19 heavy (non-hydrogen) atoms. The van der Waals surface area contributed by atoms with E-state index < -0.39 is 5.60 Å². The third-order valence-corrected chi connectivity index (χ3v) is 2.91. The molecule has 1 aromatic heterocycles. The third kappa shape index (κ3) is 3.36. The zero-order chi connectivity index (χ0) is 13.9. The lowest BCUT2D eigenvalue weighted by Gasteiger charge is -2.17. The summed E-state index contributed by atoms with van der Waals surface area (Å²) in [5, 5.41) is 20.3. The Labute approximate surface area is 116 Å². The molecule has 5 heteroatoms. The van der Waals surface area contributed by atoms with E-state index in [0.717, 1.165) is 0 Å². The van der Waals surface area contributed by atoms with Crippen molar-refractivity contribution in [1.29, 1.82) is 0 Å². The van der Waals surface area contributed by atoms with E-state index in [9.17, 15) is 10.2 Å². The minimum Gasteiger partial charge on any atom is -0.507 e. The smallest absolute Gasteiger partial charge is 0.139 e. The minimum absolute atomic E-state index is 0.0887. The summed E-state index contributed by atoms with van der Waals surface area (Å²) in [5.41, 5.74) is -0.684. The van der Waals surface area contributed by atoms with E-state index >= 15 is 0 Å². The van der Waals surface area contributed by atoms with Crippen LogP contribution in [-0.2, 0) is 5.60 Å². The summed E-state index contributed by atoms with van der Waals surface area (Å²) in [6.45, 7) is 1.73. The van der Waals surface area contributed by atoms with Crippen LogP contribution in [0.1, 0.15) is 18.2 Å². The molecular formula is C14H14ClNO3. The Kier molecular flexibility index (Phi) is 3.93. The van der Waals surface area contributed by atoms with Crippen LogP contribution in [0.25, 0.3) is 0 Å². The lowest BCUT2D eigenvalue weighted by Crippen LogP contribution is -2.24.